The lowest BCUT2D eigenvalue weighted by Crippen LogP contribution is -2.20. The summed E-state index contributed by atoms with van der Waals surface area (Å²) in [6.07, 6.45) is 0. The van der Waals surface area contributed by atoms with E-state index < -0.39 is 0 Å². The Morgan fingerprint density at radius 3 is 2.62 bits per heavy atom. The van der Waals surface area contributed by atoms with Gasteiger partial charge in [-0.15, -0.1) is 0 Å². The molecular weight excluding hydrogens is 288 g/mol. The van der Waals surface area contributed by atoms with Gasteiger partial charge in [-0.25, -0.2) is 0 Å². The number of halogens is 1. The first-order valence-corrected chi connectivity index (χ1v) is 6.65. The molecule has 0 aromatic heterocycles. The van der Waals surface area contributed by atoms with Crippen LogP contribution in [0.2, 0.25) is 5.02 Å². The molecule has 0 aliphatic rings. The molecule has 0 aliphatic carbocycles. The zero-order valence-electron chi connectivity index (χ0n) is 11.4. The zero-order chi connectivity index (χ0) is 15.2. The first-order valence-electron chi connectivity index (χ1n) is 6.27. The van der Waals surface area contributed by atoms with Gasteiger partial charge in [-0.2, -0.15) is 5.26 Å². The monoisotopic (exact) mass is 300 g/mol. The standard InChI is InChI=1S/C16H13ClN2O2/c1-11-8-13(17)4-7-15(11)21-10-16(20)19-14-5-2-12(9-18)3-6-14/h2-8H,10H2,1H3,(H,19,20). The number of ether oxygens (including phenoxy) is 1. The van der Waals surface area contributed by atoms with Crippen LogP contribution in [0, 0.1) is 18.3 Å². The highest BCUT2D eigenvalue weighted by atomic mass is 35.5. The van der Waals surface area contributed by atoms with Crippen LogP contribution in [0.25, 0.3) is 0 Å². The van der Waals surface area contributed by atoms with E-state index >= 15 is 0 Å². The maximum atomic E-state index is 11.8. The molecule has 0 fully saturated rings. The van der Waals surface area contributed by atoms with Crippen LogP contribution in [0.4, 0.5) is 5.69 Å². The van der Waals surface area contributed by atoms with Gasteiger partial charge < -0.3 is 10.1 Å². The van der Waals surface area contributed by atoms with Crippen LogP contribution < -0.4 is 10.1 Å². The van der Waals surface area contributed by atoms with E-state index in [-0.39, 0.29) is 12.5 Å². The van der Waals surface area contributed by atoms with Crippen molar-refractivity contribution in [2.24, 2.45) is 0 Å². The summed E-state index contributed by atoms with van der Waals surface area (Å²) < 4.78 is 5.45. The van der Waals surface area contributed by atoms with Crippen molar-refractivity contribution in [1.82, 2.24) is 0 Å². The van der Waals surface area contributed by atoms with Crippen LogP contribution in [0.5, 0.6) is 5.75 Å². The Morgan fingerprint density at radius 1 is 1.29 bits per heavy atom. The lowest BCUT2D eigenvalue weighted by Gasteiger charge is -2.09. The summed E-state index contributed by atoms with van der Waals surface area (Å²) in [4.78, 5) is 11.8. The number of amides is 1. The molecule has 106 valence electrons. The van der Waals surface area contributed by atoms with Gasteiger partial charge >= 0.3 is 0 Å². The largest absolute Gasteiger partial charge is 0.483 e. The number of benzene rings is 2. The van der Waals surface area contributed by atoms with Crippen molar-refractivity contribution in [1.29, 1.82) is 5.26 Å². The van der Waals surface area contributed by atoms with E-state index in [4.69, 9.17) is 21.6 Å². The summed E-state index contributed by atoms with van der Waals surface area (Å²) in [5.41, 5.74) is 2.03. The molecule has 2 aromatic carbocycles. The van der Waals surface area contributed by atoms with Gasteiger partial charge in [-0.05, 0) is 55.0 Å². The van der Waals surface area contributed by atoms with Crippen LogP contribution in [0.1, 0.15) is 11.1 Å². The first-order chi connectivity index (χ1) is 10.1. The number of nitriles is 1. The third-order valence-electron chi connectivity index (χ3n) is 2.79. The van der Waals surface area contributed by atoms with Crippen molar-refractivity contribution >= 4 is 23.2 Å². The molecule has 0 aliphatic heterocycles. The van der Waals surface area contributed by atoms with Gasteiger partial charge in [0.05, 0.1) is 11.6 Å². The number of carbonyl (C=O) groups excluding carboxylic acids is 1. The molecular formula is C16H13ClN2O2. The second kappa shape index (κ2) is 6.78. The smallest absolute Gasteiger partial charge is 0.262 e. The number of aryl methyl sites for hydroxylation is 1. The predicted molar refractivity (Wildman–Crippen MR) is 81.5 cm³/mol. The van der Waals surface area contributed by atoms with Crippen LogP contribution in [0.15, 0.2) is 42.5 Å². The topological polar surface area (TPSA) is 62.1 Å². The Balaban J connectivity index is 1.91. The summed E-state index contributed by atoms with van der Waals surface area (Å²) in [5.74, 6) is 0.350. The van der Waals surface area contributed by atoms with Crippen molar-refractivity contribution in [3.05, 3.63) is 58.6 Å². The highest BCUT2D eigenvalue weighted by Crippen LogP contribution is 2.21. The number of carbonyl (C=O) groups is 1. The van der Waals surface area contributed by atoms with E-state index in [1.54, 1.807) is 42.5 Å². The van der Waals surface area contributed by atoms with Gasteiger partial charge in [0, 0.05) is 10.7 Å². The molecule has 1 amide bonds. The molecule has 1 N–H and O–H groups in total. The van der Waals surface area contributed by atoms with Gasteiger partial charge in [0.2, 0.25) is 0 Å². The fraction of sp³-hybridized carbons (Fsp3) is 0.125. The molecule has 0 atom stereocenters. The van der Waals surface area contributed by atoms with Crippen molar-refractivity contribution in [3.63, 3.8) is 0 Å². The molecule has 0 saturated carbocycles. The van der Waals surface area contributed by atoms with Crippen molar-refractivity contribution in [2.75, 3.05) is 11.9 Å². The molecule has 0 unspecified atom stereocenters. The molecule has 0 bridgehead atoms. The predicted octanol–water partition coefficient (Wildman–Crippen LogP) is 3.54. The van der Waals surface area contributed by atoms with E-state index in [1.807, 2.05) is 13.0 Å². The minimum atomic E-state index is -0.269. The molecule has 2 rings (SSSR count). The molecule has 0 radical (unpaired) electrons. The van der Waals surface area contributed by atoms with Crippen LogP contribution in [0.3, 0.4) is 0 Å². The Kier molecular flexibility index (Phi) is 4.81. The Labute approximate surface area is 127 Å². The summed E-state index contributed by atoms with van der Waals surface area (Å²) in [6.45, 7) is 1.77. The number of rotatable bonds is 4. The summed E-state index contributed by atoms with van der Waals surface area (Å²) in [6, 6.07) is 13.8. The van der Waals surface area contributed by atoms with Gasteiger partial charge in [-0.1, -0.05) is 11.6 Å². The highest BCUT2D eigenvalue weighted by molar-refractivity contribution is 6.30. The maximum Gasteiger partial charge on any atom is 0.262 e. The molecule has 4 nitrogen and oxygen atoms in total. The number of nitrogens with one attached hydrogen (secondary N) is 1. The lowest BCUT2D eigenvalue weighted by molar-refractivity contribution is -0.118. The molecule has 5 heteroatoms. The number of nitrogens with zero attached hydrogens (tertiary/aromatic N) is 1. The highest BCUT2D eigenvalue weighted by Gasteiger charge is 2.06. The second-order valence-electron chi connectivity index (χ2n) is 4.44. The fourth-order valence-corrected chi connectivity index (χ4v) is 1.97. The number of hydrogen-bond donors (Lipinski definition) is 1. The van der Waals surface area contributed by atoms with Gasteiger partial charge in [-0.3, -0.25) is 4.79 Å². The van der Waals surface area contributed by atoms with Crippen molar-refractivity contribution < 1.29 is 9.53 Å². The van der Waals surface area contributed by atoms with Crippen molar-refractivity contribution in [2.45, 2.75) is 6.92 Å². The number of anilines is 1. The van der Waals surface area contributed by atoms with Crippen LogP contribution in [-0.4, -0.2) is 12.5 Å². The number of hydrogen-bond acceptors (Lipinski definition) is 3. The van der Waals surface area contributed by atoms with Gasteiger partial charge in [0.1, 0.15) is 5.75 Å². The third kappa shape index (κ3) is 4.23. The molecule has 0 saturated heterocycles. The summed E-state index contributed by atoms with van der Waals surface area (Å²) in [5, 5.41) is 12.0. The quantitative estimate of drug-likeness (QED) is 0.939. The maximum absolute atomic E-state index is 11.8. The fourth-order valence-electron chi connectivity index (χ4n) is 1.74. The molecule has 0 spiro atoms. The van der Waals surface area contributed by atoms with Crippen molar-refractivity contribution in [3.8, 4) is 11.8 Å². The minimum absolute atomic E-state index is 0.0948. The van der Waals surface area contributed by atoms with Crippen LogP contribution >= 0.6 is 11.6 Å². The summed E-state index contributed by atoms with van der Waals surface area (Å²) >= 11 is 5.85. The normalized spacial score (nSPS) is 9.76. The van der Waals surface area contributed by atoms with Gasteiger partial charge in [0.15, 0.2) is 6.61 Å². The average molecular weight is 301 g/mol. The Hall–Kier alpha value is -2.51. The van der Waals surface area contributed by atoms with E-state index in [1.165, 1.54) is 0 Å². The summed E-state index contributed by atoms with van der Waals surface area (Å²) in [7, 11) is 0. The van der Waals surface area contributed by atoms with Crippen LogP contribution in [-0.2, 0) is 4.79 Å². The van der Waals surface area contributed by atoms with E-state index in [0.717, 1.165) is 5.56 Å². The third-order valence-corrected chi connectivity index (χ3v) is 3.03. The zero-order valence-corrected chi connectivity index (χ0v) is 12.1. The Bertz CT molecular complexity index is 690. The average Bonchev–Trinajstić information content (AvgIpc) is 2.47. The van der Waals surface area contributed by atoms with E-state index in [0.29, 0.717) is 22.0 Å². The Morgan fingerprint density at radius 2 is 2.00 bits per heavy atom. The van der Waals surface area contributed by atoms with E-state index in [2.05, 4.69) is 5.32 Å². The SMILES string of the molecule is Cc1cc(Cl)ccc1OCC(=O)Nc1ccc(C#N)cc1. The second-order valence-corrected chi connectivity index (χ2v) is 4.87. The molecule has 2 aromatic rings. The molecule has 0 heterocycles. The lowest BCUT2D eigenvalue weighted by atomic mass is 10.2. The molecule has 21 heavy (non-hydrogen) atoms. The first kappa shape index (κ1) is 14.9. The van der Waals surface area contributed by atoms with E-state index in [9.17, 15) is 4.79 Å². The minimum Gasteiger partial charge on any atom is -0.483 e. The van der Waals surface area contributed by atoms with Gasteiger partial charge in [0.25, 0.3) is 5.91 Å².